The van der Waals surface area contributed by atoms with Crippen LogP contribution in [0.15, 0.2) is 0 Å². The van der Waals surface area contributed by atoms with Crippen molar-refractivity contribution in [1.82, 2.24) is 0 Å². The highest BCUT2D eigenvalue weighted by Gasteiger charge is 2.27. The predicted molar refractivity (Wildman–Crippen MR) is 257 cm³/mol. The fourth-order valence-corrected chi connectivity index (χ4v) is 8.52. The van der Waals surface area contributed by atoms with Crippen LogP contribution in [0, 0.1) is 0 Å². The molecule has 0 bridgehead atoms. The smallest absolute Gasteiger partial charge is 0.462 e. The number of phosphoric ester groups is 1. The molecular formula is C51H103NO8P+. The summed E-state index contributed by atoms with van der Waals surface area (Å²) in [6, 6.07) is 0. The van der Waals surface area contributed by atoms with Crippen molar-refractivity contribution in [2.45, 2.75) is 270 Å². The molecule has 9 nitrogen and oxygen atoms in total. The molecule has 0 aromatic rings. The number of nitrogens with zero attached hydrogens (tertiary/aromatic N) is 1. The van der Waals surface area contributed by atoms with Gasteiger partial charge in [-0.25, -0.2) is 4.57 Å². The van der Waals surface area contributed by atoms with E-state index in [1.165, 1.54) is 199 Å². The van der Waals surface area contributed by atoms with Crippen molar-refractivity contribution < 1.29 is 42.1 Å². The highest BCUT2D eigenvalue weighted by molar-refractivity contribution is 7.47. The highest BCUT2D eigenvalue weighted by Crippen LogP contribution is 2.43. The van der Waals surface area contributed by atoms with Gasteiger partial charge in [0.2, 0.25) is 0 Å². The molecule has 0 saturated carbocycles. The van der Waals surface area contributed by atoms with Gasteiger partial charge in [0.25, 0.3) is 0 Å². The summed E-state index contributed by atoms with van der Waals surface area (Å²) in [5, 5.41) is 0. The topological polar surface area (TPSA) is 108 Å². The minimum Gasteiger partial charge on any atom is -0.462 e. The van der Waals surface area contributed by atoms with Gasteiger partial charge in [0, 0.05) is 12.8 Å². The standard InChI is InChI=1S/C51H102NO8P/c1-6-8-10-12-14-16-18-20-22-23-24-25-26-27-28-30-32-34-36-38-40-42-44-51(54)60-49(48-59-61(55,56)58-46-45-52(3,4)5)47-57-50(53)43-41-39-37-35-33-31-29-21-19-17-15-13-11-9-7-2/h49H,6-48H2,1-5H3/p+1. The molecule has 2 atom stereocenters. The van der Waals surface area contributed by atoms with Gasteiger partial charge in [-0.1, -0.05) is 239 Å². The van der Waals surface area contributed by atoms with Gasteiger partial charge >= 0.3 is 19.8 Å². The Morgan fingerprint density at radius 2 is 0.738 bits per heavy atom. The molecule has 10 heteroatoms. The van der Waals surface area contributed by atoms with Crippen LogP contribution in [0.2, 0.25) is 0 Å². The van der Waals surface area contributed by atoms with E-state index in [4.69, 9.17) is 18.5 Å². The summed E-state index contributed by atoms with van der Waals surface area (Å²) < 4.78 is 34.5. The van der Waals surface area contributed by atoms with Gasteiger partial charge in [-0.3, -0.25) is 18.6 Å². The number of rotatable bonds is 49. The van der Waals surface area contributed by atoms with E-state index < -0.39 is 26.5 Å². The monoisotopic (exact) mass is 889 g/mol. The van der Waals surface area contributed by atoms with Crippen LogP contribution < -0.4 is 0 Å². The average Bonchev–Trinajstić information content (AvgIpc) is 3.21. The molecule has 0 radical (unpaired) electrons. The number of unbranched alkanes of at least 4 members (excludes halogenated alkanes) is 35. The molecular weight excluding hydrogens is 786 g/mol. The Balaban J connectivity index is 4.16. The Kier molecular flexibility index (Phi) is 43.5. The van der Waals surface area contributed by atoms with E-state index in [9.17, 15) is 19.0 Å². The Morgan fingerprint density at radius 1 is 0.443 bits per heavy atom. The van der Waals surface area contributed by atoms with Crippen LogP contribution in [0.5, 0.6) is 0 Å². The molecule has 0 rings (SSSR count). The van der Waals surface area contributed by atoms with Crippen molar-refractivity contribution >= 4 is 19.8 Å². The van der Waals surface area contributed by atoms with Gasteiger partial charge in [-0.2, -0.15) is 0 Å². The lowest BCUT2D eigenvalue weighted by molar-refractivity contribution is -0.870. The lowest BCUT2D eigenvalue weighted by atomic mass is 10.0. The lowest BCUT2D eigenvalue weighted by Crippen LogP contribution is -2.37. The van der Waals surface area contributed by atoms with Crippen LogP contribution in [-0.4, -0.2) is 74.9 Å². The van der Waals surface area contributed by atoms with E-state index in [1.807, 2.05) is 21.1 Å². The molecule has 2 unspecified atom stereocenters. The van der Waals surface area contributed by atoms with Gasteiger partial charge in [0.05, 0.1) is 27.7 Å². The summed E-state index contributed by atoms with van der Waals surface area (Å²) in [7, 11) is 1.50. The number of hydrogen-bond donors (Lipinski definition) is 1. The van der Waals surface area contributed by atoms with Crippen molar-refractivity contribution in [1.29, 1.82) is 0 Å². The number of carbonyl (C=O) groups is 2. The maximum absolute atomic E-state index is 12.8. The van der Waals surface area contributed by atoms with Crippen LogP contribution in [-0.2, 0) is 32.7 Å². The molecule has 0 aliphatic heterocycles. The highest BCUT2D eigenvalue weighted by atomic mass is 31.2. The van der Waals surface area contributed by atoms with Crippen molar-refractivity contribution in [3.8, 4) is 0 Å². The van der Waals surface area contributed by atoms with E-state index in [1.54, 1.807) is 0 Å². The average molecular weight is 889 g/mol. The second-order valence-electron chi connectivity index (χ2n) is 19.3. The quantitative estimate of drug-likeness (QED) is 0.0278. The summed E-state index contributed by atoms with van der Waals surface area (Å²) in [6.45, 7) is 4.49. The summed E-state index contributed by atoms with van der Waals surface area (Å²) >= 11 is 0. The number of carbonyl (C=O) groups excluding carboxylic acids is 2. The molecule has 0 saturated heterocycles. The number of quaternary nitrogens is 1. The fourth-order valence-electron chi connectivity index (χ4n) is 7.78. The first-order chi connectivity index (χ1) is 29.5. The molecule has 0 aromatic carbocycles. The Bertz CT molecular complexity index is 1010. The predicted octanol–water partition coefficient (Wildman–Crippen LogP) is 15.5. The Hall–Kier alpha value is -0.990. The largest absolute Gasteiger partial charge is 0.472 e. The van der Waals surface area contributed by atoms with Crippen molar-refractivity contribution in [2.75, 3.05) is 47.5 Å². The molecule has 1 N–H and O–H groups in total. The minimum atomic E-state index is -4.37. The van der Waals surface area contributed by atoms with Gasteiger partial charge in [-0.05, 0) is 12.8 Å². The van der Waals surface area contributed by atoms with E-state index in [2.05, 4.69) is 13.8 Å². The third kappa shape index (κ3) is 48.3. The van der Waals surface area contributed by atoms with Crippen LogP contribution in [0.4, 0.5) is 0 Å². The normalized spacial score (nSPS) is 13.3. The number of phosphoric acid groups is 1. The number of ether oxygens (including phenoxy) is 2. The van der Waals surface area contributed by atoms with Crippen molar-refractivity contribution in [2.24, 2.45) is 0 Å². The van der Waals surface area contributed by atoms with E-state index in [-0.39, 0.29) is 25.6 Å². The Morgan fingerprint density at radius 3 is 1.05 bits per heavy atom. The summed E-state index contributed by atoms with van der Waals surface area (Å²) in [5.41, 5.74) is 0. The number of hydrogen-bond acceptors (Lipinski definition) is 7. The first-order valence-electron chi connectivity index (χ1n) is 26.3. The lowest BCUT2D eigenvalue weighted by Gasteiger charge is -2.24. The zero-order valence-corrected chi connectivity index (χ0v) is 42.1. The molecule has 0 amide bonds. The zero-order chi connectivity index (χ0) is 45.0. The van der Waals surface area contributed by atoms with E-state index in [0.29, 0.717) is 17.4 Å². The molecule has 0 aromatic heterocycles. The minimum absolute atomic E-state index is 0.0372. The molecule has 0 heterocycles. The first-order valence-corrected chi connectivity index (χ1v) is 27.8. The Labute approximate surface area is 378 Å². The van der Waals surface area contributed by atoms with Gasteiger partial charge in [0.15, 0.2) is 6.10 Å². The number of esters is 2. The van der Waals surface area contributed by atoms with Gasteiger partial charge in [-0.15, -0.1) is 0 Å². The zero-order valence-electron chi connectivity index (χ0n) is 41.2. The van der Waals surface area contributed by atoms with E-state index in [0.717, 1.165) is 38.5 Å². The molecule has 0 spiro atoms. The molecule has 0 aliphatic rings. The number of likely N-dealkylation sites (N-methyl/N-ethyl adjacent to an activating group) is 1. The van der Waals surface area contributed by atoms with Crippen LogP contribution in [0.1, 0.15) is 264 Å². The second-order valence-corrected chi connectivity index (χ2v) is 20.7. The van der Waals surface area contributed by atoms with Gasteiger partial charge in [0.1, 0.15) is 19.8 Å². The summed E-state index contributed by atoms with van der Waals surface area (Å²) in [6.07, 6.45) is 47.3. The SMILES string of the molecule is CCCCCCCCCCCCCCCCCCCCCCCCC(=O)OC(COC(=O)CCCCCCCCCCCCCCCCC)COP(=O)(O)OCC[N+](C)(C)C. The van der Waals surface area contributed by atoms with Crippen LogP contribution in [0.3, 0.4) is 0 Å². The first kappa shape index (κ1) is 60.0. The molecule has 61 heavy (non-hydrogen) atoms. The van der Waals surface area contributed by atoms with E-state index >= 15 is 0 Å². The van der Waals surface area contributed by atoms with Gasteiger partial charge < -0.3 is 18.9 Å². The van der Waals surface area contributed by atoms with Crippen molar-refractivity contribution in [3.63, 3.8) is 0 Å². The maximum Gasteiger partial charge on any atom is 0.472 e. The van der Waals surface area contributed by atoms with Crippen LogP contribution >= 0.6 is 7.82 Å². The molecule has 364 valence electrons. The van der Waals surface area contributed by atoms with Crippen molar-refractivity contribution in [3.05, 3.63) is 0 Å². The second kappa shape index (κ2) is 44.2. The maximum atomic E-state index is 12.8. The third-order valence-corrected chi connectivity index (χ3v) is 12.9. The fraction of sp³-hybridized carbons (Fsp3) is 0.961. The summed E-state index contributed by atoms with van der Waals surface area (Å²) in [5.74, 6) is -0.777. The third-order valence-electron chi connectivity index (χ3n) is 11.9. The molecule has 0 fully saturated rings. The molecule has 0 aliphatic carbocycles. The van der Waals surface area contributed by atoms with Crippen LogP contribution in [0.25, 0.3) is 0 Å². The summed E-state index contributed by atoms with van der Waals surface area (Å²) in [4.78, 5) is 35.5.